The van der Waals surface area contributed by atoms with Crippen molar-refractivity contribution in [2.45, 2.75) is 45.7 Å². The molecule has 5 nitrogen and oxygen atoms in total. The summed E-state index contributed by atoms with van der Waals surface area (Å²) in [6, 6.07) is 5.07. The number of aliphatic hydroxyl groups is 1. The van der Waals surface area contributed by atoms with Crippen LogP contribution < -0.4 is 0 Å². The lowest BCUT2D eigenvalue weighted by atomic mass is 10.1. The quantitative estimate of drug-likeness (QED) is 0.732. The van der Waals surface area contributed by atoms with Crippen molar-refractivity contribution in [1.82, 2.24) is 9.88 Å². The van der Waals surface area contributed by atoms with Crippen molar-refractivity contribution in [3.05, 3.63) is 30.1 Å². The Kier molecular flexibility index (Phi) is 6.87. The van der Waals surface area contributed by atoms with Crippen molar-refractivity contribution in [2.75, 3.05) is 6.61 Å². The Morgan fingerprint density at radius 1 is 1.35 bits per heavy atom. The Balaban J connectivity index is 2.90. The number of hydrogen-bond acceptors (Lipinski definition) is 4. The van der Waals surface area contributed by atoms with Crippen LogP contribution in [-0.4, -0.2) is 39.3 Å². The number of carbonyl (C=O) groups is 2. The molecule has 1 rings (SSSR count). The summed E-state index contributed by atoms with van der Waals surface area (Å²) in [4.78, 5) is 29.7. The third-order valence-electron chi connectivity index (χ3n) is 3.16. The summed E-state index contributed by atoms with van der Waals surface area (Å²) in [5, 5.41) is 9.41. The van der Waals surface area contributed by atoms with Gasteiger partial charge in [0.2, 0.25) is 5.78 Å². The Morgan fingerprint density at radius 3 is 2.60 bits per heavy atom. The van der Waals surface area contributed by atoms with Gasteiger partial charge in [-0.25, -0.2) is 0 Å². The summed E-state index contributed by atoms with van der Waals surface area (Å²) in [5.74, 6) is -0.936. The first kappa shape index (κ1) is 16.3. The average Bonchev–Trinajstić information content (AvgIpc) is 2.48. The highest BCUT2D eigenvalue weighted by Crippen LogP contribution is 2.11. The molecule has 0 saturated heterocycles. The molecule has 0 aromatic carbocycles. The fourth-order valence-corrected chi connectivity index (χ4v) is 1.98. The molecule has 0 bridgehead atoms. The van der Waals surface area contributed by atoms with Gasteiger partial charge in [0, 0.05) is 12.6 Å². The van der Waals surface area contributed by atoms with Gasteiger partial charge in [-0.1, -0.05) is 19.9 Å². The van der Waals surface area contributed by atoms with Crippen LogP contribution >= 0.6 is 0 Å². The van der Waals surface area contributed by atoms with Crippen LogP contribution in [0.25, 0.3) is 0 Å². The number of aliphatic hydroxyl groups excluding tert-OH is 1. The van der Waals surface area contributed by atoms with Crippen LogP contribution in [0.5, 0.6) is 0 Å². The second kappa shape index (κ2) is 8.43. The predicted octanol–water partition coefficient (Wildman–Crippen LogP) is 1.55. The van der Waals surface area contributed by atoms with Gasteiger partial charge >= 0.3 is 0 Å². The van der Waals surface area contributed by atoms with E-state index in [1.807, 2.05) is 19.9 Å². The minimum absolute atomic E-state index is 0.158. The number of amides is 1. The molecular formula is C15H22N2O3. The second-order valence-electron chi connectivity index (χ2n) is 4.67. The number of Topliss-reactive ketones (excluding diaryl/α,β-unsaturated/α-hetero) is 1. The van der Waals surface area contributed by atoms with Gasteiger partial charge in [-0.2, -0.15) is 0 Å². The van der Waals surface area contributed by atoms with Gasteiger partial charge in [-0.15, -0.1) is 0 Å². The largest absolute Gasteiger partial charge is 0.394 e. The van der Waals surface area contributed by atoms with Crippen molar-refractivity contribution in [3.8, 4) is 0 Å². The summed E-state index contributed by atoms with van der Waals surface area (Å²) in [7, 11) is 0. The molecule has 5 heteroatoms. The van der Waals surface area contributed by atoms with Crippen LogP contribution in [0.2, 0.25) is 0 Å². The van der Waals surface area contributed by atoms with Crippen molar-refractivity contribution >= 4 is 11.7 Å². The van der Waals surface area contributed by atoms with Crippen LogP contribution in [0.3, 0.4) is 0 Å². The normalized spacial score (nSPS) is 11.9. The zero-order chi connectivity index (χ0) is 15.0. The molecule has 110 valence electrons. The third-order valence-corrected chi connectivity index (χ3v) is 3.16. The third kappa shape index (κ3) is 4.42. The number of carbonyl (C=O) groups excluding carboxylic acids is 2. The molecule has 0 aliphatic carbocycles. The summed E-state index contributed by atoms with van der Waals surface area (Å²) >= 11 is 0. The smallest absolute Gasteiger partial charge is 0.290 e. The van der Waals surface area contributed by atoms with Gasteiger partial charge < -0.3 is 10.0 Å². The van der Waals surface area contributed by atoms with Crippen molar-refractivity contribution in [1.29, 1.82) is 0 Å². The number of rotatable bonds is 8. The SMILES string of the molecule is CCCC(=O)C(=O)N(Cc1ccccn1)[C@H](CC)CO. The lowest BCUT2D eigenvalue weighted by molar-refractivity contribution is -0.147. The molecule has 1 N–H and O–H groups in total. The molecule has 0 radical (unpaired) electrons. The highest BCUT2D eigenvalue weighted by atomic mass is 16.3. The molecule has 0 aliphatic rings. The number of aromatic nitrogens is 1. The highest BCUT2D eigenvalue weighted by molar-refractivity contribution is 6.36. The van der Waals surface area contributed by atoms with E-state index in [-0.39, 0.29) is 25.6 Å². The second-order valence-corrected chi connectivity index (χ2v) is 4.67. The molecule has 1 amide bonds. The van der Waals surface area contributed by atoms with E-state index in [9.17, 15) is 14.7 Å². The summed E-state index contributed by atoms with van der Waals surface area (Å²) in [5.41, 5.74) is 0.706. The zero-order valence-electron chi connectivity index (χ0n) is 12.1. The number of ketones is 1. The van der Waals surface area contributed by atoms with Crippen LogP contribution in [0.1, 0.15) is 38.8 Å². The van der Waals surface area contributed by atoms with Crippen molar-refractivity contribution in [3.63, 3.8) is 0 Å². The molecule has 1 aromatic heterocycles. The fraction of sp³-hybridized carbons (Fsp3) is 0.533. The maximum atomic E-state index is 12.2. The Labute approximate surface area is 119 Å². The molecule has 1 atom stereocenters. The van der Waals surface area contributed by atoms with E-state index in [2.05, 4.69) is 4.98 Å². The van der Waals surface area contributed by atoms with E-state index >= 15 is 0 Å². The van der Waals surface area contributed by atoms with Crippen LogP contribution in [0, 0.1) is 0 Å². The van der Waals surface area contributed by atoms with Crippen LogP contribution in [-0.2, 0) is 16.1 Å². The molecule has 0 unspecified atom stereocenters. The van der Waals surface area contributed by atoms with Gasteiger partial charge in [-0.05, 0) is 25.0 Å². The van der Waals surface area contributed by atoms with Crippen molar-refractivity contribution < 1.29 is 14.7 Å². The zero-order valence-corrected chi connectivity index (χ0v) is 12.1. The minimum atomic E-state index is -0.529. The molecule has 0 aliphatic heterocycles. The minimum Gasteiger partial charge on any atom is -0.394 e. The molecular weight excluding hydrogens is 256 g/mol. The van der Waals surface area contributed by atoms with E-state index in [1.54, 1.807) is 18.3 Å². The Hall–Kier alpha value is -1.75. The fourth-order valence-electron chi connectivity index (χ4n) is 1.98. The topological polar surface area (TPSA) is 70.5 Å². The monoisotopic (exact) mass is 278 g/mol. The average molecular weight is 278 g/mol. The number of hydrogen-bond donors (Lipinski definition) is 1. The molecule has 0 saturated carbocycles. The van der Waals surface area contributed by atoms with E-state index in [4.69, 9.17) is 0 Å². The van der Waals surface area contributed by atoms with Gasteiger partial charge in [0.25, 0.3) is 5.91 Å². The first-order chi connectivity index (χ1) is 9.63. The van der Waals surface area contributed by atoms with E-state index in [1.165, 1.54) is 4.90 Å². The number of nitrogens with zero attached hydrogens (tertiary/aromatic N) is 2. The first-order valence-corrected chi connectivity index (χ1v) is 6.98. The number of pyridine rings is 1. The first-order valence-electron chi connectivity index (χ1n) is 6.98. The summed E-state index contributed by atoms with van der Waals surface area (Å²) < 4.78 is 0. The molecule has 1 heterocycles. The van der Waals surface area contributed by atoms with Gasteiger partial charge in [-0.3, -0.25) is 14.6 Å². The lowest BCUT2D eigenvalue weighted by Crippen LogP contribution is -2.45. The lowest BCUT2D eigenvalue weighted by Gasteiger charge is -2.29. The summed E-state index contributed by atoms with van der Waals surface area (Å²) in [6.07, 6.45) is 3.11. The Morgan fingerprint density at radius 2 is 2.10 bits per heavy atom. The highest BCUT2D eigenvalue weighted by Gasteiger charge is 2.27. The van der Waals surface area contributed by atoms with Crippen molar-refractivity contribution in [2.24, 2.45) is 0 Å². The maximum absolute atomic E-state index is 12.2. The molecule has 0 fully saturated rings. The van der Waals surface area contributed by atoms with Crippen LogP contribution in [0.4, 0.5) is 0 Å². The summed E-state index contributed by atoms with van der Waals surface area (Å²) in [6.45, 7) is 3.82. The molecule has 20 heavy (non-hydrogen) atoms. The van der Waals surface area contributed by atoms with Gasteiger partial charge in [0.05, 0.1) is 24.9 Å². The van der Waals surface area contributed by atoms with Gasteiger partial charge in [0.15, 0.2) is 0 Å². The van der Waals surface area contributed by atoms with Gasteiger partial charge in [0.1, 0.15) is 0 Å². The molecule has 0 spiro atoms. The van der Waals surface area contributed by atoms with Crippen LogP contribution in [0.15, 0.2) is 24.4 Å². The van der Waals surface area contributed by atoms with E-state index in [0.29, 0.717) is 18.5 Å². The standard InChI is InChI=1S/C15H22N2O3/c1-3-7-14(19)15(20)17(13(4-2)11-18)10-12-8-5-6-9-16-12/h5-6,8-9,13,18H,3-4,7,10-11H2,1-2H3/t13-/m1/s1. The maximum Gasteiger partial charge on any atom is 0.290 e. The molecule has 1 aromatic rings. The van der Waals surface area contributed by atoms with E-state index < -0.39 is 11.7 Å². The Bertz CT molecular complexity index is 430. The predicted molar refractivity (Wildman–Crippen MR) is 75.9 cm³/mol. The van der Waals surface area contributed by atoms with E-state index in [0.717, 1.165) is 0 Å².